The summed E-state index contributed by atoms with van der Waals surface area (Å²) in [5, 5.41) is 33.7. The number of hydrogen-bond donors (Lipinski definition) is 5. The Morgan fingerprint density at radius 3 is 2.23 bits per heavy atom. The molecule has 0 bridgehead atoms. The third-order valence-electron chi connectivity index (χ3n) is 3.90. The van der Waals surface area contributed by atoms with Gasteiger partial charge in [-0.3, -0.25) is 0 Å². The number of carboxylic acids is 1. The van der Waals surface area contributed by atoms with Crippen molar-refractivity contribution in [1.82, 2.24) is 10.6 Å². The van der Waals surface area contributed by atoms with Crippen LogP contribution < -0.4 is 10.6 Å². The van der Waals surface area contributed by atoms with Crippen molar-refractivity contribution in [2.75, 3.05) is 6.61 Å². The number of aromatic carboxylic acids is 1. The first-order valence-electron chi connectivity index (χ1n) is 8.20. The third-order valence-corrected chi connectivity index (χ3v) is 3.90. The minimum absolute atomic E-state index is 0.174. The summed E-state index contributed by atoms with van der Waals surface area (Å²) < 4.78 is 0. The first-order valence-corrected chi connectivity index (χ1v) is 8.20. The van der Waals surface area contributed by atoms with Crippen molar-refractivity contribution in [1.29, 1.82) is 0 Å². The van der Waals surface area contributed by atoms with E-state index in [2.05, 4.69) is 10.6 Å². The molecule has 2 aromatic carbocycles. The number of nitrogens with one attached hydrogen (secondary N) is 2. The number of carbonyl (C=O) groups is 2. The van der Waals surface area contributed by atoms with Crippen LogP contribution in [0, 0.1) is 0 Å². The fourth-order valence-corrected chi connectivity index (χ4v) is 2.44. The molecule has 7 heteroatoms. The lowest BCUT2D eigenvalue weighted by Gasteiger charge is -2.20. The van der Waals surface area contributed by atoms with Crippen LogP contribution >= 0.6 is 0 Å². The van der Waals surface area contributed by atoms with E-state index < -0.39 is 24.1 Å². The molecule has 2 amide bonds. The number of carboxylic acid groups (broad SMARTS) is 1. The molecule has 7 nitrogen and oxygen atoms in total. The van der Waals surface area contributed by atoms with Crippen LogP contribution in [0.15, 0.2) is 54.6 Å². The van der Waals surface area contributed by atoms with Crippen LogP contribution in [0.4, 0.5) is 4.79 Å². The van der Waals surface area contributed by atoms with E-state index in [9.17, 15) is 19.8 Å². The third kappa shape index (κ3) is 5.87. The van der Waals surface area contributed by atoms with Gasteiger partial charge < -0.3 is 26.0 Å². The van der Waals surface area contributed by atoms with Gasteiger partial charge in [-0.2, -0.15) is 0 Å². The molecular weight excluding hydrogens is 336 g/mol. The number of urea groups is 1. The SMILES string of the molecule is O=C(NCc1ccc(C(=O)O)cc1)NC(CO)CC(O)c1ccccc1. The highest BCUT2D eigenvalue weighted by atomic mass is 16.4. The van der Waals surface area contributed by atoms with E-state index in [0.29, 0.717) is 5.56 Å². The van der Waals surface area contributed by atoms with Crippen molar-refractivity contribution in [3.63, 3.8) is 0 Å². The Morgan fingerprint density at radius 2 is 1.65 bits per heavy atom. The summed E-state index contributed by atoms with van der Waals surface area (Å²) >= 11 is 0. The van der Waals surface area contributed by atoms with Gasteiger partial charge in [0.05, 0.1) is 24.3 Å². The largest absolute Gasteiger partial charge is 0.478 e. The van der Waals surface area contributed by atoms with E-state index in [1.165, 1.54) is 12.1 Å². The summed E-state index contributed by atoms with van der Waals surface area (Å²) in [6.45, 7) is -0.0876. The van der Waals surface area contributed by atoms with Gasteiger partial charge in [0, 0.05) is 6.54 Å². The van der Waals surface area contributed by atoms with Crippen molar-refractivity contribution in [3.05, 3.63) is 71.3 Å². The van der Waals surface area contributed by atoms with Crippen LogP contribution in [0.3, 0.4) is 0 Å². The number of rotatable bonds is 8. The lowest BCUT2D eigenvalue weighted by atomic mass is 10.0. The van der Waals surface area contributed by atoms with Crippen molar-refractivity contribution in [2.45, 2.75) is 25.1 Å². The van der Waals surface area contributed by atoms with Crippen LogP contribution in [0.25, 0.3) is 0 Å². The standard InChI is InChI=1S/C19H22N2O5/c22-12-16(10-17(23)14-4-2-1-3-5-14)21-19(26)20-11-13-6-8-15(9-7-13)18(24)25/h1-9,16-17,22-23H,10-12H2,(H,24,25)(H2,20,21,26). The number of aliphatic hydroxyl groups excluding tert-OH is 2. The summed E-state index contributed by atoms with van der Waals surface area (Å²) in [5.41, 5.74) is 1.63. The van der Waals surface area contributed by atoms with Crippen molar-refractivity contribution in [2.24, 2.45) is 0 Å². The summed E-state index contributed by atoms with van der Waals surface area (Å²) in [7, 11) is 0. The quantitative estimate of drug-likeness (QED) is 0.492. The average molecular weight is 358 g/mol. The maximum atomic E-state index is 12.0. The van der Waals surface area contributed by atoms with Gasteiger partial charge in [-0.25, -0.2) is 9.59 Å². The molecular formula is C19H22N2O5. The Hall–Kier alpha value is -2.90. The molecule has 0 fully saturated rings. The predicted octanol–water partition coefficient (Wildman–Crippen LogP) is 1.67. The van der Waals surface area contributed by atoms with E-state index >= 15 is 0 Å². The van der Waals surface area contributed by atoms with Crippen LogP contribution in [0.2, 0.25) is 0 Å². The summed E-state index contributed by atoms with van der Waals surface area (Å²) in [5.74, 6) is -1.01. The topological polar surface area (TPSA) is 119 Å². The maximum absolute atomic E-state index is 12.0. The van der Waals surface area contributed by atoms with Crippen LogP contribution in [-0.2, 0) is 6.54 Å². The molecule has 0 saturated carbocycles. The second-order valence-corrected chi connectivity index (χ2v) is 5.87. The van der Waals surface area contributed by atoms with E-state index in [0.717, 1.165) is 5.56 Å². The normalized spacial score (nSPS) is 12.8. The number of aliphatic hydroxyl groups is 2. The lowest BCUT2D eigenvalue weighted by Crippen LogP contribution is -2.44. The number of amides is 2. The first-order chi connectivity index (χ1) is 12.5. The Balaban J connectivity index is 1.82. The van der Waals surface area contributed by atoms with Crippen LogP contribution in [0.5, 0.6) is 0 Å². The van der Waals surface area contributed by atoms with E-state index in [1.807, 2.05) is 18.2 Å². The summed E-state index contributed by atoms with van der Waals surface area (Å²) in [4.78, 5) is 22.8. The predicted molar refractivity (Wildman–Crippen MR) is 95.7 cm³/mol. The van der Waals surface area contributed by atoms with Crippen molar-refractivity contribution >= 4 is 12.0 Å². The molecule has 0 radical (unpaired) electrons. The maximum Gasteiger partial charge on any atom is 0.335 e. The molecule has 0 spiro atoms. The molecule has 5 N–H and O–H groups in total. The Kier molecular flexibility index (Phi) is 7.13. The molecule has 138 valence electrons. The van der Waals surface area contributed by atoms with Gasteiger partial charge in [-0.15, -0.1) is 0 Å². The molecule has 2 unspecified atom stereocenters. The van der Waals surface area contributed by atoms with Gasteiger partial charge >= 0.3 is 12.0 Å². The minimum atomic E-state index is -1.01. The molecule has 2 aromatic rings. The smallest absolute Gasteiger partial charge is 0.335 e. The zero-order chi connectivity index (χ0) is 18.9. The molecule has 0 aromatic heterocycles. The van der Waals surface area contributed by atoms with Gasteiger partial charge in [-0.05, 0) is 29.7 Å². The van der Waals surface area contributed by atoms with E-state index in [4.69, 9.17) is 5.11 Å². The highest BCUT2D eigenvalue weighted by Crippen LogP contribution is 2.17. The molecule has 0 aliphatic heterocycles. The number of benzene rings is 2. The summed E-state index contributed by atoms with van der Waals surface area (Å²) in [6.07, 6.45) is -0.612. The molecule has 2 atom stereocenters. The second kappa shape index (κ2) is 9.55. The second-order valence-electron chi connectivity index (χ2n) is 5.87. The molecule has 0 saturated heterocycles. The zero-order valence-corrected chi connectivity index (χ0v) is 14.1. The van der Waals surface area contributed by atoms with Crippen molar-refractivity contribution in [3.8, 4) is 0 Å². The molecule has 2 rings (SSSR count). The van der Waals surface area contributed by atoms with Gasteiger partial charge in [-0.1, -0.05) is 42.5 Å². The fourth-order valence-electron chi connectivity index (χ4n) is 2.44. The van der Waals surface area contributed by atoms with E-state index in [1.54, 1.807) is 24.3 Å². The lowest BCUT2D eigenvalue weighted by molar-refractivity contribution is 0.0696. The Morgan fingerprint density at radius 1 is 1.00 bits per heavy atom. The Labute approximate surface area is 151 Å². The molecule has 26 heavy (non-hydrogen) atoms. The first kappa shape index (κ1) is 19.4. The zero-order valence-electron chi connectivity index (χ0n) is 14.1. The monoisotopic (exact) mass is 358 g/mol. The molecule has 0 heterocycles. The van der Waals surface area contributed by atoms with Crippen LogP contribution in [-0.4, -0.2) is 40.0 Å². The highest BCUT2D eigenvalue weighted by Gasteiger charge is 2.17. The van der Waals surface area contributed by atoms with Gasteiger partial charge in [0.2, 0.25) is 0 Å². The van der Waals surface area contributed by atoms with Crippen molar-refractivity contribution < 1.29 is 24.9 Å². The Bertz CT molecular complexity index is 718. The molecule has 0 aliphatic carbocycles. The highest BCUT2D eigenvalue weighted by molar-refractivity contribution is 5.87. The van der Waals surface area contributed by atoms with E-state index in [-0.39, 0.29) is 25.1 Å². The molecule has 0 aliphatic rings. The minimum Gasteiger partial charge on any atom is -0.478 e. The number of hydrogen-bond acceptors (Lipinski definition) is 4. The fraction of sp³-hybridized carbons (Fsp3) is 0.263. The van der Waals surface area contributed by atoms with Crippen LogP contribution in [0.1, 0.15) is 34.0 Å². The average Bonchev–Trinajstić information content (AvgIpc) is 2.66. The van der Waals surface area contributed by atoms with Gasteiger partial charge in [0.1, 0.15) is 0 Å². The van der Waals surface area contributed by atoms with Gasteiger partial charge in [0.15, 0.2) is 0 Å². The van der Waals surface area contributed by atoms with Gasteiger partial charge in [0.25, 0.3) is 0 Å². The summed E-state index contributed by atoms with van der Waals surface area (Å²) in [6, 6.07) is 14.1. The number of carbonyl (C=O) groups excluding carboxylic acids is 1.